The monoisotopic (exact) mass is 434 g/mol. The van der Waals surface area contributed by atoms with Gasteiger partial charge in [-0.3, -0.25) is 9.59 Å². The summed E-state index contributed by atoms with van der Waals surface area (Å²) in [6.07, 6.45) is 5.29. The summed E-state index contributed by atoms with van der Waals surface area (Å²) in [5.74, 6) is -1.27. The summed E-state index contributed by atoms with van der Waals surface area (Å²) in [7, 11) is 0. The van der Waals surface area contributed by atoms with Gasteiger partial charge in [0.25, 0.3) is 5.91 Å². The van der Waals surface area contributed by atoms with Gasteiger partial charge >= 0.3 is 0 Å². The molecule has 0 spiro atoms. The average molecular weight is 435 g/mol. The predicted octanol–water partition coefficient (Wildman–Crippen LogP) is 5.17. The van der Waals surface area contributed by atoms with E-state index in [1.807, 2.05) is 31.2 Å². The third-order valence-corrected chi connectivity index (χ3v) is 5.93. The van der Waals surface area contributed by atoms with Crippen LogP contribution < -0.4 is 5.32 Å². The van der Waals surface area contributed by atoms with Crippen LogP contribution in [0.5, 0.6) is 0 Å². The van der Waals surface area contributed by atoms with E-state index in [1.54, 1.807) is 30.3 Å². The average Bonchev–Trinajstić information content (AvgIpc) is 3.50. The molecule has 2 aromatic carbocycles. The van der Waals surface area contributed by atoms with E-state index >= 15 is 0 Å². The smallest absolute Gasteiger partial charge is 0.290 e. The van der Waals surface area contributed by atoms with Crippen LogP contribution in [0.1, 0.15) is 59.0 Å². The maximum atomic E-state index is 14.9. The number of carbonyl (C=O) groups is 2. The van der Waals surface area contributed by atoms with Gasteiger partial charge in [-0.25, -0.2) is 4.39 Å². The van der Waals surface area contributed by atoms with Crippen LogP contribution in [-0.4, -0.2) is 22.8 Å². The topological polar surface area (TPSA) is 62.6 Å². The van der Waals surface area contributed by atoms with E-state index in [1.165, 1.54) is 17.2 Å². The molecule has 166 valence electrons. The zero-order valence-electron chi connectivity index (χ0n) is 18.1. The Balaban J connectivity index is 1.75. The van der Waals surface area contributed by atoms with Crippen molar-refractivity contribution in [1.82, 2.24) is 10.2 Å². The molecule has 1 N–H and O–H groups in total. The minimum absolute atomic E-state index is 0.0386. The SMILES string of the molecule is Cc1ccc(CN(C(=O)c2ccco2)C(C(=O)NC2CCCC2)c2ccccc2F)cc1. The predicted molar refractivity (Wildman–Crippen MR) is 119 cm³/mol. The fraction of sp³-hybridized carbons (Fsp3) is 0.308. The summed E-state index contributed by atoms with van der Waals surface area (Å²) >= 11 is 0. The molecule has 0 bridgehead atoms. The van der Waals surface area contributed by atoms with Crippen molar-refractivity contribution in [3.63, 3.8) is 0 Å². The molecular formula is C26H27FN2O3. The molecule has 5 nitrogen and oxygen atoms in total. The lowest BCUT2D eigenvalue weighted by Gasteiger charge is -2.32. The van der Waals surface area contributed by atoms with Crippen LogP contribution in [0.2, 0.25) is 0 Å². The third kappa shape index (κ3) is 4.90. The van der Waals surface area contributed by atoms with Gasteiger partial charge in [0.2, 0.25) is 5.91 Å². The molecule has 2 amide bonds. The molecule has 6 heteroatoms. The lowest BCUT2D eigenvalue weighted by atomic mass is 10.0. The molecule has 0 radical (unpaired) electrons. The van der Waals surface area contributed by atoms with Crippen LogP contribution in [0.15, 0.2) is 71.3 Å². The molecule has 1 aliphatic carbocycles. The van der Waals surface area contributed by atoms with E-state index in [9.17, 15) is 14.0 Å². The molecule has 1 saturated carbocycles. The first-order valence-corrected chi connectivity index (χ1v) is 11.0. The first kappa shape index (κ1) is 21.8. The molecule has 1 heterocycles. The van der Waals surface area contributed by atoms with Crippen LogP contribution >= 0.6 is 0 Å². The minimum Gasteiger partial charge on any atom is -0.459 e. The van der Waals surface area contributed by atoms with Gasteiger partial charge in [-0.2, -0.15) is 0 Å². The van der Waals surface area contributed by atoms with Crippen LogP contribution in [0.3, 0.4) is 0 Å². The Labute approximate surface area is 187 Å². The molecule has 1 atom stereocenters. The van der Waals surface area contributed by atoms with E-state index in [0.717, 1.165) is 36.8 Å². The van der Waals surface area contributed by atoms with Gasteiger partial charge in [0.15, 0.2) is 5.76 Å². The molecule has 1 fully saturated rings. The van der Waals surface area contributed by atoms with Crippen LogP contribution in [-0.2, 0) is 11.3 Å². The van der Waals surface area contributed by atoms with Crippen LogP contribution in [0, 0.1) is 12.7 Å². The quantitative estimate of drug-likeness (QED) is 0.558. The van der Waals surface area contributed by atoms with Crippen molar-refractivity contribution in [2.24, 2.45) is 0 Å². The van der Waals surface area contributed by atoms with Gasteiger partial charge < -0.3 is 14.6 Å². The number of rotatable bonds is 7. The number of amides is 2. The van der Waals surface area contributed by atoms with Crippen molar-refractivity contribution < 1.29 is 18.4 Å². The third-order valence-electron chi connectivity index (χ3n) is 5.93. The normalized spacial score (nSPS) is 14.8. The van der Waals surface area contributed by atoms with Crippen molar-refractivity contribution in [2.75, 3.05) is 0 Å². The molecule has 0 aliphatic heterocycles. The standard InChI is InChI=1S/C26H27FN2O3/c1-18-12-14-19(15-13-18)17-29(26(31)23-11-6-16-32-23)24(21-9-4-5-10-22(21)27)25(30)28-20-7-2-3-8-20/h4-6,9-16,20,24H,2-3,7-8,17H2,1H3,(H,28,30). The molecule has 32 heavy (non-hydrogen) atoms. The highest BCUT2D eigenvalue weighted by Gasteiger charge is 2.36. The van der Waals surface area contributed by atoms with Crippen molar-refractivity contribution >= 4 is 11.8 Å². The highest BCUT2D eigenvalue weighted by molar-refractivity contribution is 5.96. The number of benzene rings is 2. The number of carbonyl (C=O) groups excluding carboxylic acids is 2. The van der Waals surface area contributed by atoms with Crippen molar-refractivity contribution in [1.29, 1.82) is 0 Å². The van der Waals surface area contributed by atoms with Gasteiger partial charge in [-0.15, -0.1) is 0 Å². The number of aryl methyl sites for hydroxylation is 1. The fourth-order valence-corrected chi connectivity index (χ4v) is 4.21. The van der Waals surface area contributed by atoms with Gasteiger partial charge in [0.1, 0.15) is 11.9 Å². The largest absolute Gasteiger partial charge is 0.459 e. The Hall–Kier alpha value is -3.41. The maximum absolute atomic E-state index is 14.9. The molecule has 1 aromatic heterocycles. The number of hydrogen-bond donors (Lipinski definition) is 1. The number of furan rings is 1. The lowest BCUT2D eigenvalue weighted by Crippen LogP contribution is -2.46. The second-order valence-corrected chi connectivity index (χ2v) is 8.31. The van der Waals surface area contributed by atoms with E-state index in [-0.39, 0.29) is 29.8 Å². The van der Waals surface area contributed by atoms with E-state index in [2.05, 4.69) is 5.32 Å². The summed E-state index contributed by atoms with van der Waals surface area (Å²) in [4.78, 5) is 28.4. The second kappa shape index (κ2) is 9.81. The van der Waals surface area contributed by atoms with E-state index in [0.29, 0.717) is 0 Å². The molecule has 1 unspecified atom stereocenters. The number of nitrogens with zero attached hydrogens (tertiary/aromatic N) is 1. The van der Waals surface area contributed by atoms with Gasteiger partial charge in [-0.05, 0) is 43.5 Å². The molecule has 0 saturated heterocycles. The Morgan fingerprint density at radius 1 is 1.06 bits per heavy atom. The first-order valence-electron chi connectivity index (χ1n) is 11.0. The Morgan fingerprint density at radius 3 is 2.44 bits per heavy atom. The molecular weight excluding hydrogens is 407 g/mol. The van der Waals surface area contributed by atoms with E-state index in [4.69, 9.17) is 4.42 Å². The molecule has 3 aromatic rings. The van der Waals surface area contributed by atoms with Crippen molar-refractivity contribution in [3.8, 4) is 0 Å². The first-order chi connectivity index (χ1) is 15.5. The van der Waals surface area contributed by atoms with Gasteiger partial charge in [0.05, 0.1) is 6.26 Å². The highest BCUT2D eigenvalue weighted by Crippen LogP contribution is 2.29. The fourth-order valence-electron chi connectivity index (χ4n) is 4.21. The van der Waals surface area contributed by atoms with Gasteiger partial charge in [-0.1, -0.05) is 60.9 Å². The van der Waals surface area contributed by atoms with Crippen molar-refractivity contribution in [2.45, 2.75) is 51.2 Å². The highest BCUT2D eigenvalue weighted by atomic mass is 19.1. The van der Waals surface area contributed by atoms with Gasteiger partial charge in [0, 0.05) is 18.2 Å². The second-order valence-electron chi connectivity index (χ2n) is 8.31. The Kier molecular flexibility index (Phi) is 6.69. The molecule has 1 aliphatic rings. The lowest BCUT2D eigenvalue weighted by molar-refractivity contribution is -0.127. The maximum Gasteiger partial charge on any atom is 0.290 e. The summed E-state index contributed by atoms with van der Waals surface area (Å²) < 4.78 is 20.3. The zero-order valence-corrected chi connectivity index (χ0v) is 18.1. The Bertz CT molecular complexity index is 1060. The molecule has 4 rings (SSSR count). The number of halogens is 1. The summed E-state index contributed by atoms with van der Waals surface area (Å²) in [5.41, 5.74) is 2.09. The summed E-state index contributed by atoms with van der Waals surface area (Å²) in [6, 6.07) is 15.9. The van der Waals surface area contributed by atoms with Crippen molar-refractivity contribution in [3.05, 3.63) is 95.2 Å². The van der Waals surface area contributed by atoms with Crippen LogP contribution in [0.4, 0.5) is 4.39 Å². The van der Waals surface area contributed by atoms with Crippen LogP contribution in [0.25, 0.3) is 0 Å². The number of hydrogen-bond acceptors (Lipinski definition) is 3. The summed E-state index contributed by atoms with van der Waals surface area (Å²) in [6.45, 7) is 2.11. The zero-order chi connectivity index (χ0) is 22.5. The number of nitrogens with one attached hydrogen (secondary N) is 1. The van der Waals surface area contributed by atoms with E-state index < -0.39 is 17.8 Å². The Morgan fingerprint density at radius 2 is 1.78 bits per heavy atom. The minimum atomic E-state index is -1.13. The summed E-state index contributed by atoms with van der Waals surface area (Å²) in [5, 5.41) is 3.05.